The van der Waals surface area contributed by atoms with Gasteiger partial charge >= 0.3 is 0 Å². The van der Waals surface area contributed by atoms with E-state index in [1.54, 1.807) is 12.1 Å². The molecule has 4 rings (SSSR count). The molecule has 0 radical (unpaired) electrons. The fraction of sp³-hybridized carbons (Fsp3) is 0.0526. The van der Waals surface area contributed by atoms with Crippen LogP contribution in [0.3, 0.4) is 0 Å². The van der Waals surface area contributed by atoms with Gasteiger partial charge in [-0.1, -0.05) is 34.1 Å². The molecule has 6 heteroatoms. The number of aromatic amines is 2. The Morgan fingerprint density at radius 2 is 1.92 bits per heavy atom. The first-order chi connectivity index (χ1) is 12.1. The van der Waals surface area contributed by atoms with Crippen LogP contribution in [0.4, 0.5) is 0 Å². The highest BCUT2D eigenvalue weighted by molar-refractivity contribution is 9.10. The number of hydrogen-bond acceptors (Lipinski definition) is 2. The van der Waals surface area contributed by atoms with E-state index in [2.05, 4.69) is 31.2 Å². The van der Waals surface area contributed by atoms with Gasteiger partial charge in [0, 0.05) is 39.0 Å². The minimum Gasteiger partial charge on any atom is -0.361 e. The number of carbonyl (C=O) groups excluding carboxylic acids is 1. The highest BCUT2D eigenvalue weighted by Crippen LogP contribution is 2.19. The number of nitrogens with one attached hydrogen (secondary N) is 3. The smallest absolute Gasteiger partial charge is 0.261 e. The van der Waals surface area contributed by atoms with Crippen LogP contribution in [0.15, 0.2) is 64.0 Å². The zero-order valence-corrected chi connectivity index (χ0v) is 14.7. The number of halogens is 1. The number of amides is 1. The van der Waals surface area contributed by atoms with E-state index in [0.29, 0.717) is 12.1 Å². The van der Waals surface area contributed by atoms with E-state index < -0.39 is 11.5 Å². The fourth-order valence-corrected chi connectivity index (χ4v) is 3.27. The summed E-state index contributed by atoms with van der Waals surface area (Å²) in [4.78, 5) is 30.6. The Bertz CT molecular complexity index is 1160. The summed E-state index contributed by atoms with van der Waals surface area (Å²) >= 11 is 3.40. The molecule has 0 aliphatic heterocycles. The van der Waals surface area contributed by atoms with E-state index in [1.807, 2.05) is 42.6 Å². The molecule has 0 unspecified atom stereocenters. The maximum atomic E-state index is 12.5. The van der Waals surface area contributed by atoms with Gasteiger partial charge in [0.2, 0.25) is 0 Å². The van der Waals surface area contributed by atoms with Gasteiger partial charge in [0.05, 0.1) is 0 Å². The molecular weight excluding hydrogens is 382 g/mol. The molecule has 1 amide bonds. The lowest BCUT2D eigenvalue weighted by Gasteiger charge is -2.06. The molecular formula is C19H14BrN3O2. The third-order valence-corrected chi connectivity index (χ3v) is 4.66. The van der Waals surface area contributed by atoms with Gasteiger partial charge < -0.3 is 15.3 Å². The normalized spacial score (nSPS) is 11.1. The average molecular weight is 396 g/mol. The second-order valence-corrected chi connectivity index (χ2v) is 6.70. The number of carbonyl (C=O) groups is 1. The molecule has 0 saturated heterocycles. The molecule has 0 spiro atoms. The highest BCUT2D eigenvalue weighted by Gasteiger charge is 2.13. The van der Waals surface area contributed by atoms with Crippen molar-refractivity contribution in [1.29, 1.82) is 0 Å². The van der Waals surface area contributed by atoms with Gasteiger partial charge in [0.25, 0.3) is 11.5 Å². The van der Waals surface area contributed by atoms with E-state index in [1.165, 1.54) is 0 Å². The second-order valence-electron chi connectivity index (χ2n) is 5.79. The number of aromatic nitrogens is 2. The monoisotopic (exact) mass is 395 g/mol. The Labute approximate surface area is 151 Å². The van der Waals surface area contributed by atoms with Crippen LogP contribution in [0.25, 0.3) is 21.8 Å². The van der Waals surface area contributed by atoms with Crippen molar-refractivity contribution in [3.05, 3.63) is 80.7 Å². The number of H-pyrrole nitrogens is 2. The minimum atomic E-state index is -0.397. The summed E-state index contributed by atoms with van der Waals surface area (Å²) in [5.41, 5.74) is 2.39. The molecule has 0 saturated carbocycles. The van der Waals surface area contributed by atoms with E-state index >= 15 is 0 Å². The summed E-state index contributed by atoms with van der Waals surface area (Å²) < 4.78 is 0.886. The first kappa shape index (κ1) is 15.7. The van der Waals surface area contributed by atoms with Gasteiger partial charge in [0.15, 0.2) is 0 Å². The van der Waals surface area contributed by atoms with Crippen molar-refractivity contribution in [2.24, 2.45) is 0 Å². The predicted octanol–water partition coefficient (Wildman–Crippen LogP) is 3.70. The van der Waals surface area contributed by atoms with Crippen LogP contribution in [0.5, 0.6) is 0 Å². The molecule has 2 heterocycles. The molecule has 4 aromatic rings. The Morgan fingerprint density at radius 1 is 1.08 bits per heavy atom. The number of fused-ring (bicyclic) bond motifs is 2. The minimum absolute atomic E-state index is 0.102. The van der Waals surface area contributed by atoms with E-state index in [9.17, 15) is 9.59 Å². The molecule has 0 bridgehead atoms. The Morgan fingerprint density at radius 3 is 2.80 bits per heavy atom. The van der Waals surface area contributed by atoms with Crippen LogP contribution in [0, 0.1) is 0 Å². The first-order valence-electron chi connectivity index (χ1n) is 7.77. The Kier molecular flexibility index (Phi) is 3.89. The highest BCUT2D eigenvalue weighted by atomic mass is 79.9. The molecule has 25 heavy (non-hydrogen) atoms. The summed E-state index contributed by atoms with van der Waals surface area (Å²) in [5, 5.41) is 4.68. The van der Waals surface area contributed by atoms with Gasteiger partial charge in [-0.25, -0.2) is 0 Å². The maximum Gasteiger partial charge on any atom is 0.261 e. The molecule has 2 aromatic heterocycles. The van der Waals surface area contributed by atoms with Crippen molar-refractivity contribution < 1.29 is 4.79 Å². The van der Waals surface area contributed by atoms with Crippen molar-refractivity contribution in [1.82, 2.24) is 15.3 Å². The summed E-state index contributed by atoms with van der Waals surface area (Å²) in [7, 11) is 0. The first-order valence-corrected chi connectivity index (χ1v) is 8.57. The van der Waals surface area contributed by atoms with Gasteiger partial charge in [-0.3, -0.25) is 9.59 Å². The van der Waals surface area contributed by atoms with Crippen LogP contribution >= 0.6 is 15.9 Å². The van der Waals surface area contributed by atoms with Crippen LogP contribution in [-0.4, -0.2) is 15.9 Å². The number of para-hydroxylation sites is 1. The number of benzene rings is 2. The summed E-state index contributed by atoms with van der Waals surface area (Å²) in [6.45, 7) is 0.346. The molecule has 0 aliphatic carbocycles. The largest absolute Gasteiger partial charge is 0.361 e. The van der Waals surface area contributed by atoms with Crippen molar-refractivity contribution in [2.45, 2.75) is 6.54 Å². The van der Waals surface area contributed by atoms with Gasteiger partial charge in [-0.2, -0.15) is 0 Å². The van der Waals surface area contributed by atoms with Crippen molar-refractivity contribution >= 4 is 43.6 Å². The molecule has 0 atom stereocenters. The standard InChI is InChI=1S/C19H14BrN3O2/c20-13-5-6-16-11(7-13)8-15(19(25)23-16)18(24)22-10-12-9-21-17-4-2-1-3-14(12)17/h1-9,21H,10H2,(H,22,24)(H,23,25). The Balaban J connectivity index is 1.61. The van der Waals surface area contributed by atoms with E-state index in [0.717, 1.165) is 26.3 Å². The molecule has 3 N–H and O–H groups in total. The lowest BCUT2D eigenvalue weighted by Crippen LogP contribution is -2.29. The third-order valence-electron chi connectivity index (χ3n) is 4.17. The summed E-state index contributed by atoms with van der Waals surface area (Å²) in [5.74, 6) is -0.395. The number of hydrogen-bond donors (Lipinski definition) is 3. The average Bonchev–Trinajstić information content (AvgIpc) is 3.02. The summed E-state index contributed by atoms with van der Waals surface area (Å²) in [6, 6.07) is 15.0. The number of rotatable bonds is 3. The van der Waals surface area contributed by atoms with E-state index in [-0.39, 0.29) is 5.56 Å². The topological polar surface area (TPSA) is 77.8 Å². The molecule has 0 aliphatic rings. The van der Waals surface area contributed by atoms with Crippen LogP contribution in [0.2, 0.25) is 0 Å². The van der Waals surface area contributed by atoms with Crippen LogP contribution in [-0.2, 0) is 6.54 Å². The maximum absolute atomic E-state index is 12.5. The quantitative estimate of drug-likeness (QED) is 0.494. The van der Waals surface area contributed by atoms with Crippen molar-refractivity contribution in [2.75, 3.05) is 0 Å². The van der Waals surface area contributed by atoms with Crippen LogP contribution in [0.1, 0.15) is 15.9 Å². The lowest BCUT2D eigenvalue weighted by atomic mass is 10.1. The zero-order chi connectivity index (χ0) is 17.4. The molecule has 0 fully saturated rings. The molecule has 5 nitrogen and oxygen atoms in total. The van der Waals surface area contributed by atoms with Gasteiger partial charge in [-0.05, 0) is 35.9 Å². The van der Waals surface area contributed by atoms with E-state index in [4.69, 9.17) is 0 Å². The Hall–Kier alpha value is -2.86. The van der Waals surface area contributed by atoms with Crippen LogP contribution < -0.4 is 10.9 Å². The second kappa shape index (κ2) is 6.22. The van der Waals surface area contributed by atoms with Crippen molar-refractivity contribution in [3.8, 4) is 0 Å². The predicted molar refractivity (Wildman–Crippen MR) is 102 cm³/mol. The molecule has 124 valence electrons. The SMILES string of the molecule is O=C(NCc1c[nH]c2ccccc12)c1cc2cc(Br)ccc2[nH]c1=O. The van der Waals surface area contributed by atoms with Gasteiger partial charge in [0.1, 0.15) is 5.56 Å². The fourth-order valence-electron chi connectivity index (χ4n) is 2.89. The molecule has 2 aromatic carbocycles. The summed E-state index contributed by atoms with van der Waals surface area (Å²) in [6.07, 6.45) is 1.87. The third kappa shape index (κ3) is 2.96. The van der Waals surface area contributed by atoms with Gasteiger partial charge in [-0.15, -0.1) is 0 Å². The zero-order valence-electron chi connectivity index (χ0n) is 13.1. The lowest BCUT2D eigenvalue weighted by molar-refractivity contribution is 0.0949. The number of pyridine rings is 1. The van der Waals surface area contributed by atoms with Crippen molar-refractivity contribution in [3.63, 3.8) is 0 Å².